The van der Waals surface area contributed by atoms with Crippen LogP contribution in [0.1, 0.15) is 5.56 Å². The molecule has 3 aromatic rings. The molecular formula is C17H16N2O4S. The zero-order valence-electron chi connectivity index (χ0n) is 13.0. The maximum atomic E-state index is 12.5. The van der Waals surface area contributed by atoms with Crippen molar-refractivity contribution in [1.82, 2.24) is 9.71 Å². The number of benzene rings is 1. The lowest BCUT2D eigenvalue weighted by molar-refractivity contribution is 0.402. The average Bonchev–Trinajstić information content (AvgIpc) is 3.15. The molecule has 0 radical (unpaired) electrons. The molecule has 0 amide bonds. The van der Waals surface area contributed by atoms with Crippen LogP contribution in [-0.4, -0.2) is 20.5 Å². The Morgan fingerprint density at radius 2 is 1.96 bits per heavy atom. The van der Waals surface area contributed by atoms with E-state index in [1.165, 1.54) is 13.2 Å². The van der Waals surface area contributed by atoms with E-state index in [-0.39, 0.29) is 11.4 Å². The predicted molar refractivity (Wildman–Crippen MR) is 89.0 cm³/mol. The van der Waals surface area contributed by atoms with Crippen molar-refractivity contribution in [2.24, 2.45) is 0 Å². The SMILES string of the molecule is COc1ccccc1S(=O)(=O)NCc1cccnc1-c1ccco1. The van der Waals surface area contributed by atoms with Gasteiger partial charge in [0.15, 0.2) is 5.76 Å². The molecule has 0 spiro atoms. The second-order valence-electron chi connectivity index (χ2n) is 4.96. The summed E-state index contributed by atoms with van der Waals surface area (Å²) in [7, 11) is -2.29. The Kier molecular flexibility index (Phi) is 4.64. The minimum absolute atomic E-state index is 0.0876. The van der Waals surface area contributed by atoms with Crippen molar-refractivity contribution in [1.29, 1.82) is 0 Å². The second kappa shape index (κ2) is 6.86. The van der Waals surface area contributed by atoms with Crippen LogP contribution in [0, 0.1) is 0 Å². The summed E-state index contributed by atoms with van der Waals surface area (Å²) in [5, 5.41) is 0. The van der Waals surface area contributed by atoms with E-state index >= 15 is 0 Å². The number of nitrogens with one attached hydrogen (secondary N) is 1. The number of rotatable bonds is 6. The van der Waals surface area contributed by atoms with Gasteiger partial charge in [-0.1, -0.05) is 18.2 Å². The van der Waals surface area contributed by atoms with Crippen molar-refractivity contribution in [3.05, 3.63) is 66.6 Å². The molecule has 0 aliphatic heterocycles. The first kappa shape index (κ1) is 16.2. The summed E-state index contributed by atoms with van der Waals surface area (Å²) in [6.07, 6.45) is 3.18. The molecular weight excluding hydrogens is 328 g/mol. The van der Waals surface area contributed by atoms with Crippen molar-refractivity contribution < 1.29 is 17.6 Å². The van der Waals surface area contributed by atoms with Gasteiger partial charge in [0, 0.05) is 12.7 Å². The average molecular weight is 344 g/mol. The highest BCUT2D eigenvalue weighted by Crippen LogP contribution is 2.24. The number of pyridine rings is 1. The normalized spacial score (nSPS) is 11.4. The van der Waals surface area contributed by atoms with E-state index < -0.39 is 10.0 Å². The quantitative estimate of drug-likeness (QED) is 0.743. The number of aromatic nitrogens is 1. The van der Waals surface area contributed by atoms with E-state index in [2.05, 4.69) is 9.71 Å². The van der Waals surface area contributed by atoms with Gasteiger partial charge in [0.05, 0.1) is 13.4 Å². The highest BCUT2D eigenvalue weighted by atomic mass is 32.2. The van der Waals surface area contributed by atoms with Crippen LogP contribution in [0.25, 0.3) is 11.5 Å². The van der Waals surface area contributed by atoms with Crippen molar-refractivity contribution in [3.63, 3.8) is 0 Å². The van der Waals surface area contributed by atoms with Gasteiger partial charge in [-0.25, -0.2) is 13.1 Å². The van der Waals surface area contributed by atoms with Gasteiger partial charge in [0.1, 0.15) is 16.3 Å². The molecule has 0 fully saturated rings. The molecule has 1 aromatic carbocycles. The number of para-hydroxylation sites is 1. The third kappa shape index (κ3) is 3.32. The Labute approximate surface area is 140 Å². The first-order chi connectivity index (χ1) is 11.6. The molecule has 0 saturated heterocycles. The Morgan fingerprint density at radius 3 is 2.71 bits per heavy atom. The van der Waals surface area contributed by atoms with Crippen molar-refractivity contribution in [2.75, 3.05) is 7.11 Å². The zero-order valence-corrected chi connectivity index (χ0v) is 13.8. The number of furan rings is 1. The van der Waals surface area contributed by atoms with E-state index in [1.807, 2.05) is 0 Å². The summed E-state index contributed by atoms with van der Waals surface area (Å²) in [6.45, 7) is 0.0876. The minimum Gasteiger partial charge on any atom is -0.495 e. The summed E-state index contributed by atoms with van der Waals surface area (Å²) in [5.74, 6) is 0.879. The predicted octanol–water partition coefficient (Wildman–Crippen LogP) is 2.83. The van der Waals surface area contributed by atoms with E-state index in [1.54, 1.807) is 54.9 Å². The summed E-state index contributed by atoms with van der Waals surface area (Å²) in [5.41, 5.74) is 1.32. The summed E-state index contributed by atoms with van der Waals surface area (Å²) < 4.78 is 38.1. The Bertz CT molecular complexity index is 921. The standard InChI is InChI=1S/C17H16N2O4S/c1-22-14-7-2-3-9-16(14)24(20,21)19-12-13-6-4-10-18-17(13)15-8-5-11-23-15/h2-11,19H,12H2,1H3. The molecule has 0 atom stereocenters. The Hall–Kier alpha value is -2.64. The lowest BCUT2D eigenvalue weighted by Crippen LogP contribution is -2.24. The number of nitrogens with zero attached hydrogens (tertiary/aromatic N) is 1. The number of methoxy groups -OCH3 is 1. The molecule has 2 heterocycles. The van der Waals surface area contributed by atoms with Crippen LogP contribution in [0.5, 0.6) is 5.75 Å². The number of hydrogen-bond donors (Lipinski definition) is 1. The first-order valence-corrected chi connectivity index (χ1v) is 8.70. The second-order valence-corrected chi connectivity index (χ2v) is 6.70. The molecule has 7 heteroatoms. The Morgan fingerprint density at radius 1 is 1.12 bits per heavy atom. The van der Waals surface area contributed by atoms with E-state index in [9.17, 15) is 8.42 Å². The smallest absolute Gasteiger partial charge is 0.244 e. The van der Waals surface area contributed by atoms with Gasteiger partial charge in [0.2, 0.25) is 10.0 Å². The van der Waals surface area contributed by atoms with Gasteiger partial charge in [-0.05, 0) is 35.9 Å². The molecule has 0 bridgehead atoms. The van der Waals surface area contributed by atoms with Gasteiger partial charge in [-0.2, -0.15) is 0 Å². The summed E-state index contributed by atoms with van der Waals surface area (Å²) in [6, 6.07) is 13.6. The van der Waals surface area contributed by atoms with Gasteiger partial charge in [-0.3, -0.25) is 4.98 Å². The van der Waals surface area contributed by atoms with Gasteiger partial charge >= 0.3 is 0 Å². The van der Waals surface area contributed by atoms with E-state index in [0.717, 1.165) is 0 Å². The summed E-state index contributed by atoms with van der Waals surface area (Å²) in [4.78, 5) is 4.37. The molecule has 0 aliphatic carbocycles. The lowest BCUT2D eigenvalue weighted by atomic mass is 10.1. The largest absolute Gasteiger partial charge is 0.495 e. The van der Waals surface area contributed by atoms with Crippen LogP contribution in [0.3, 0.4) is 0 Å². The third-order valence-electron chi connectivity index (χ3n) is 3.46. The molecule has 2 aromatic heterocycles. The minimum atomic E-state index is -3.72. The molecule has 3 rings (SSSR count). The molecule has 0 saturated carbocycles. The van der Waals surface area contributed by atoms with Gasteiger partial charge in [0.25, 0.3) is 0 Å². The topological polar surface area (TPSA) is 81.4 Å². The molecule has 1 N–H and O–H groups in total. The molecule has 124 valence electrons. The zero-order chi connectivity index (χ0) is 17.0. The maximum absolute atomic E-state index is 12.5. The molecule has 0 unspecified atom stereocenters. The van der Waals surface area contributed by atoms with Crippen molar-refractivity contribution in [2.45, 2.75) is 11.4 Å². The van der Waals surface area contributed by atoms with Crippen LogP contribution in [0.2, 0.25) is 0 Å². The highest BCUT2D eigenvalue weighted by molar-refractivity contribution is 7.89. The fraction of sp³-hybridized carbons (Fsp3) is 0.118. The first-order valence-electron chi connectivity index (χ1n) is 7.22. The van der Waals surface area contributed by atoms with E-state index in [4.69, 9.17) is 9.15 Å². The van der Waals surface area contributed by atoms with Crippen LogP contribution < -0.4 is 9.46 Å². The monoisotopic (exact) mass is 344 g/mol. The van der Waals surface area contributed by atoms with Crippen molar-refractivity contribution >= 4 is 10.0 Å². The number of hydrogen-bond acceptors (Lipinski definition) is 5. The van der Waals surface area contributed by atoms with Crippen LogP contribution in [-0.2, 0) is 16.6 Å². The lowest BCUT2D eigenvalue weighted by Gasteiger charge is -2.11. The molecule has 6 nitrogen and oxygen atoms in total. The van der Waals surface area contributed by atoms with Crippen LogP contribution in [0.15, 0.2) is 70.3 Å². The Balaban J connectivity index is 1.86. The maximum Gasteiger partial charge on any atom is 0.244 e. The van der Waals surface area contributed by atoms with Crippen LogP contribution in [0.4, 0.5) is 0 Å². The van der Waals surface area contributed by atoms with Crippen molar-refractivity contribution in [3.8, 4) is 17.2 Å². The summed E-state index contributed by atoms with van der Waals surface area (Å²) >= 11 is 0. The van der Waals surface area contributed by atoms with Crippen LogP contribution >= 0.6 is 0 Å². The molecule has 0 aliphatic rings. The highest BCUT2D eigenvalue weighted by Gasteiger charge is 2.19. The molecule has 24 heavy (non-hydrogen) atoms. The van der Waals surface area contributed by atoms with Gasteiger partial charge in [-0.15, -0.1) is 0 Å². The van der Waals surface area contributed by atoms with Gasteiger partial charge < -0.3 is 9.15 Å². The third-order valence-corrected chi connectivity index (χ3v) is 4.90. The fourth-order valence-electron chi connectivity index (χ4n) is 2.31. The van der Waals surface area contributed by atoms with E-state index in [0.29, 0.717) is 22.8 Å². The number of sulfonamides is 1. The number of ether oxygens (including phenoxy) is 1. The fourth-order valence-corrected chi connectivity index (χ4v) is 3.48.